The van der Waals surface area contributed by atoms with Gasteiger partial charge < -0.3 is 5.11 Å². The fraction of sp³-hybridized carbons (Fsp3) is 0.158. The maximum absolute atomic E-state index is 12.6. The average molecular weight is 338 g/mol. The minimum Gasteiger partial charge on any atom is -0.507 e. The number of aryl methyl sites for hydroxylation is 1. The van der Waals surface area contributed by atoms with Crippen LogP contribution in [0.4, 0.5) is 5.69 Å². The number of phenols is 1. The molecule has 0 aliphatic carbocycles. The van der Waals surface area contributed by atoms with Gasteiger partial charge in [-0.25, -0.2) is 4.99 Å². The van der Waals surface area contributed by atoms with Crippen LogP contribution in [-0.4, -0.2) is 27.6 Å². The molecule has 5 heteroatoms. The molecule has 0 spiro atoms. The van der Waals surface area contributed by atoms with Gasteiger partial charge in [-0.2, -0.15) is 0 Å². The molecular formula is C19H18N2O2S. The monoisotopic (exact) mass is 338 g/mol. The lowest BCUT2D eigenvalue weighted by molar-refractivity contribution is -0.122. The second-order valence-corrected chi connectivity index (χ2v) is 6.46. The smallest absolute Gasteiger partial charge is 0.266 e. The van der Waals surface area contributed by atoms with Crippen molar-refractivity contribution in [3.63, 3.8) is 0 Å². The van der Waals surface area contributed by atoms with Crippen LogP contribution in [0.25, 0.3) is 6.08 Å². The molecule has 1 heterocycles. The maximum Gasteiger partial charge on any atom is 0.266 e. The second-order valence-electron chi connectivity index (χ2n) is 5.45. The van der Waals surface area contributed by atoms with E-state index in [-0.39, 0.29) is 11.7 Å². The molecule has 2 aromatic rings. The van der Waals surface area contributed by atoms with Gasteiger partial charge in [0.15, 0.2) is 5.17 Å². The summed E-state index contributed by atoms with van der Waals surface area (Å²) in [6.45, 7) is 4.50. The summed E-state index contributed by atoms with van der Waals surface area (Å²) in [7, 11) is 0. The third kappa shape index (κ3) is 3.36. The molecule has 0 unspecified atom stereocenters. The lowest BCUT2D eigenvalue weighted by Gasteiger charge is -2.12. The Balaban J connectivity index is 1.94. The van der Waals surface area contributed by atoms with Crippen LogP contribution >= 0.6 is 11.8 Å². The van der Waals surface area contributed by atoms with E-state index in [9.17, 15) is 9.90 Å². The number of rotatable bonds is 3. The van der Waals surface area contributed by atoms with Crippen molar-refractivity contribution in [3.05, 3.63) is 64.6 Å². The summed E-state index contributed by atoms with van der Waals surface area (Å²) in [6, 6.07) is 14.8. The molecule has 0 radical (unpaired) electrons. The number of amides is 1. The van der Waals surface area contributed by atoms with E-state index in [4.69, 9.17) is 0 Å². The molecule has 1 saturated heterocycles. The van der Waals surface area contributed by atoms with E-state index in [1.54, 1.807) is 29.2 Å². The number of carbonyl (C=O) groups is 1. The van der Waals surface area contributed by atoms with E-state index in [2.05, 4.69) is 4.99 Å². The van der Waals surface area contributed by atoms with Crippen molar-refractivity contribution in [2.75, 3.05) is 6.54 Å². The van der Waals surface area contributed by atoms with Gasteiger partial charge in [-0.3, -0.25) is 9.69 Å². The number of likely N-dealkylation sites (N-methyl/N-ethyl adjacent to an activating group) is 1. The summed E-state index contributed by atoms with van der Waals surface area (Å²) < 4.78 is 0. The summed E-state index contributed by atoms with van der Waals surface area (Å²) in [6.07, 6.45) is 1.71. The van der Waals surface area contributed by atoms with Gasteiger partial charge in [0.05, 0.1) is 10.6 Å². The zero-order valence-corrected chi connectivity index (χ0v) is 14.4. The van der Waals surface area contributed by atoms with Crippen molar-refractivity contribution in [1.29, 1.82) is 0 Å². The molecule has 1 N–H and O–H groups in total. The Labute approximate surface area is 145 Å². The van der Waals surface area contributed by atoms with Crippen molar-refractivity contribution in [2.24, 2.45) is 4.99 Å². The zero-order valence-electron chi connectivity index (χ0n) is 13.6. The van der Waals surface area contributed by atoms with Gasteiger partial charge in [-0.15, -0.1) is 0 Å². The summed E-state index contributed by atoms with van der Waals surface area (Å²) in [5.41, 5.74) is 2.61. The number of hydrogen-bond donors (Lipinski definition) is 1. The summed E-state index contributed by atoms with van der Waals surface area (Å²) in [5.74, 6) is 0.0713. The van der Waals surface area contributed by atoms with Crippen molar-refractivity contribution in [1.82, 2.24) is 4.90 Å². The van der Waals surface area contributed by atoms with E-state index >= 15 is 0 Å². The van der Waals surface area contributed by atoms with Crippen LogP contribution in [0.5, 0.6) is 5.75 Å². The Hall–Kier alpha value is -2.53. The van der Waals surface area contributed by atoms with E-state index in [1.165, 1.54) is 17.3 Å². The zero-order chi connectivity index (χ0) is 17.1. The van der Waals surface area contributed by atoms with Gasteiger partial charge in [0.2, 0.25) is 0 Å². The third-order valence-corrected chi connectivity index (χ3v) is 4.69. The molecule has 2 aromatic carbocycles. The first-order chi connectivity index (χ1) is 11.6. The Morgan fingerprint density at radius 1 is 1.17 bits per heavy atom. The lowest BCUT2D eigenvalue weighted by Crippen LogP contribution is -2.28. The molecule has 0 atom stereocenters. The molecular weight excluding hydrogens is 320 g/mol. The number of hydrogen-bond acceptors (Lipinski definition) is 4. The number of phenolic OH excluding ortho intramolecular Hbond substituents is 1. The molecule has 1 aliphatic rings. The fourth-order valence-electron chi connectivity index (χ4n) is 2.35. The van der Waals surface area contributed by atoms with Crippen molar-refractivity contribution in [2.45, 2.75) is 13.8 Å². The number of thioether (sulfide) groups is 1. The first-order valence-corrected chi connectivity index (χ1v) is 8.55. The minimum absolute atomic E-state index is 0.0865. The van der Waals surface area contributed by atoms with E-state index in [1.807, 2.05) is 44.2 Å². The summed E-state index contributed by atoms with van der Waals surface area (Å²) in [4.78, 5) is 19.4. The van der Waals surface area contributed by atoms with Gasteiger partial charge in [0, 0.05) is 12.1 Å². The maximum atomic E-state index is 12.6. The molecule has 0 saturated carbocycles. The topological polar surface area (TPSA) is 52.9 Å². The third-order valence-electron chi connectivity index (χ3n) is 3.69. The van der Waals surface area contributed by atoms with Crippen LogP contribution in [0, 0.1) is 6.92 Å². The quantitative estimate of drug-likeness (QED) is 0.848. The van der Waals surface area contributed by atoms with Gasteiger partial charge in [-0.05, 0) is 49.9 Å². The highest BCUT2D eigenvalue weighted by Gasteiger charge is 2.32. The van der Waals surface area contributed by atoms with Crippen molar-refractivity contribution >= 4 is 34.6 Å². The predicted molar refractivity (Wildman–Crippen MR) is 99.3 cm³/mol. The van der Waals surface area contributed by atoms with Crippen LogP contribution in [0.3, 0.4) is 0 Å². The van der Waals surface area contributed by atoms with Crippen LogP contribution in [-0.2, 0) is 4.79 Å². The standard InChI is InChI=1S/C19H18N2O2S/c1-3-21-18(23)17(12-14-6-4-5-7-16(14)22)24-19(21)20-15-10-8-13(2)9-11-15/h4-12,22H,3H2,1-2H3/b17-12-,20-19?. The molecule has 1 aliphatic heterocycles. The number of aliphatic imine (C=N–C) groups is 1. The van der Waals surface area contributed by atoms with Gasteiger partial charge >= 0.3 is 0 Å². The molecule has 4 nitrogen and oxygen atoms in total. The van der Waals surface area contributed by atoms with Crippen molar-refractivity contribution in [3.8, 4) is 5.75 Å². The van der Waals surface area contributed by atoms with Crippen LogP contribution in [0.2, 0.25) is 0 Å². The highest BCUT2D eigenvalue weighted by molar-refractivity contribution is 8.18. The number of carbonyl (C=O) groups excluding carboxylic acids is 1. The molecule has 1 amide bonds. The summed E-state index contributed by atoms with van der Waals surface area (Å²) >= 11 is 1.33. The molecule has 0 bridgehead atoms. The van der Waals surface area contributed by atoms with Gasteiger partial charge in [-0.1, -0.05) is 35.9 Å². The molecule has 24 heavy (non-hydrogen) atoms. The Morgan fingerprint density at radius 2 is 1.88 bits per heavy atom. The first-order valence-electron chi connectivity index (χ1n) is 7.73. The Kier molecular flexibility index (Phi) is 4.71. The highest BCUT2D eigenvalue weighted by atomic mass is 32.2. The van der Waals surface area contributed by atoms with Crippen LogP contribution in [0.15, 0.2) is 58.4 Å². The van der Waals surface area contributed by atoms with E-state index < -0.39 is 0 Å². The van der Waals surface area contributed by atoms with Crippen LogP contribution < -0.4 is 0 Å². The van der Waals surface area contributed by atoms with E-state index in [0.717, 1.165) is 5.69 Å². The summed E-state index contributed by atoms with van der Waals surface area (Å²) in [5, 5.41) is 10.6. The normalized spacial score (nSPS) is 17.9. The highest BCUT2D eigenvalue weighted by Crippen LogP contribution is 2.35. The molecule has 1 fully saturated rings. The van der Waals surface area contributed by atoms with Gasteiger partial charge in [0.25, 0.3) is 5.91 Å². The Bertz CT molecular complexity index is 826. The van der Waals surface area contributed by atoms with E-state index in [0.29, 0.717) is 22.2 Å². The lowest BCUT2D eigenvalue weighted by atomic mass is 10.2. The van der Waals surface area contributed by atoms with Crippen LogP contribution in [0.1, 0.15) is 18.1 Å². The molecule has 0 aromatic heterocycles. The van der Waals surface area contributed by atoms with Gasteiger partial charge in [0.1, 0.15) is 5.75 Å². The van der Waals surface area contributed by atoms with Crippen molar-refractivity contribution < 1.29 is 9.90 Å². The first kappa shape index (κ1) is 16.3. The number of benzene rings is 2. The SMILES string of the molecule is CCN1C(=O)/C(=C/c2ccccc2O)SC1=Nc1ccc(C)cc1. The largest absolute Gasteiger partial charge is 0.507 e. The Morgan fingerprint density at radius 3 is 2.54 bits per heavy atom. The predicted octanol–water partition coefficient (Wildman–Crippen LogP) is 4.32. The number of nitrogens with zero attached hydrogens (tertiary/aromatic N) is 2. The number of para-hydroxylation sites is 1. The molecule has 3 rings (SSSR count). The number of aromatic hydroxyl groups is 1. The second kappa shape index (κ2) is 6.93. The fourth-order valence-corrected chi connectivity index (χ4v) is 3.40. The molecule has 122 valence electrons. The average Bonchev–Trinajstić information content (AvgIpc) is 2.87. The number of amidine groups is 1. The minimum atomic E-state index is -0.0865.